The van der Waals surface area contributed by atoms with E-state index in [0.717, 1.165) is 6.42 Å². The number of aromatic nitrogens is 1. The number of rotatable bonds is 5. The number of nitrogens with one attached hydrogen (secondary N) is 1. The number of hydrogen-bond acceptors (Lipinski definition) is 4. The second kappa shape index (κ2) is 5.98. The van der Waals surface area contributed by atoms with E-state index in [1.807, 2.05) is 0 Å². The normalized spacial score (nSPS) is 9.93. The molecule has 1 amide bonds. The molecule has 0 fully saturated rings. The topological polar surface area (TPSA) is 77.2 Å². The molecule has 1 rings (SSSR count). The van der Waals surface area contributed by atoms with Crippen LogP contribution in [0.25, 0.3) is 0 Å². The van der Waals surface area contributed by atoms with E-state index < -0.39 is 0 Å². The number of nitrogen functional groups attached to an aromatic ring is 1. The fourth-order valence-corrected chi connectivity index (χ4v) is 1.05. The number of hydrogen-bond donors (Lipinski definition) is 2. The van der Waals surface area contributed by atoms with Gasteiger partial charge in [-0.25, -0.2) is 4.98 Å². The van der Waals surface area contributed by atoms with Crippen LogP contribution in [0.3, 0.4) is 0 Å². The van der Waals surface area contributed by atoms with E-state index in [1.54, 1.807) is 19.2 Å². The molecule has 0 saturated heterocycles. The lowest BCUT2D eigenvalue weighted by Gasteiger charge is -2.03. The molecule has 0 spiro atoms. The van der Waals surface area contributed by atoms with Crippen molar-refractivity contribution in [1.29, 1.82) is 0 Å². The van der Waals surface area contributed by atoms with Crippen LogP contribution in [-0.2, 0) is 4.74 Å². The zero-order chi connectivity index (χ0) is 11.1. The van der Waals surface area contributed by atoms with Crippen LogP contribution in [0.5, 0.6) is 0 Å². The molecule has 0 aromatic carbocycles. The molecule has 0 aliphatic rings. The lowest BCUT2D eigenvalue weighted by Crippen LogP contribution is -2.26. The van der Waals surface area contributed by atoms with Gasteiger partial charge in [0, 0.05) is 20.3 Å². The summed E-state index contributed by atoms with van der Waals surface area (Å²) in [4.78, 5) is 15.4. The predicted molar refractivity (Wildman–Crippen MR) is 57.5 cm³/mol. The average molecular weight is 209 g/mol. The van der Waals surface area contributed by atoms with Gasteiger partial charge in [0.2, 0.25) is 0 Å². The number of pyridine rings is 1. The van der Waals surface area contributed by atoms with Gasteiger partial charge < -0.3 is 15.8 Å². The summed E-state index contributed by atoms with van der Waals surface area (Å²) in [6.45, 7) is 1.22. The number of nitrogens with zero attached hydrogens (tertiary/aromatic N) is 1. The van der Waals surface area contributed by atoms with Crippen molar-refractivity contribution in [3.63, 3.8) is 0 Å². The van der Waals surface area contributed by atoms with Gasteiger partial charge in [0.1, 0.15) is 5.69 Å². The maximum Gasteiger partial charge on any atom is 0.269 e. The summed E-state index contributed by atoms with van der Waals surface area (Å²) in [5.74, 6) is -0.189. The molecule has 82 valence electrons. The van der Waals surface area contributed by atoms with E-state index in [-0.39, 0.29) is 5.91 Å². The number of anilines is 1. The van der Waals surface area contributed by atoms with Crippen LogP contribution < -0.4 is 11.1 Å². The Hall–Kier alpha value is -1.62. The second-order valence-corrected chi connectivity index (χ2v) is 3.08. The van der Waals surface area contributed by atoms with Crippen LogP contribution in [0.4, 0.5) is 5.69 Å². The zero-order valence-corrected chi connectivity index (χ0v) is 8.69. The minimum absolute atomic E-state index is 0.189. The molecule has 0 unspecified atom stereocenters. The number of carbonyl (C=O) groups excluding carboxylic acids is 1. The van der Waals surface area contributed by atoms with Crippen molar-refractivity contribution in [1.82, 2.24) is 10.3 Å². The SMILES string of the molecule is COCCCNC(=O)c1ccc(N)cn1. The van der Waals surface area contributed by atoms with Crippen molar-refractivity contribution >= 4 is 11.6 Å². The van der Waals surface area contributed by atoms with Gasteiger partial charge in [0.25, 0.3) is 5.91 Å². The molecule has 5 heteroatoms. The maximum absolute atomic E-state index is 11.5. The highest BCUT2D eigenvalue weighted by Gasteiger charge is 2.04. The highest BCUT2D eigenvalue weighted by atomic mass is 16.5. The molecule has 0 aliphatic carbocycles. The standard InChI is InChI=1S/C10H15N3O2/c1-15-6-2-5-12-10(14)9-4-3-8(11)7-13-9/h3-4,7H,2,5-6,11H2,1H3,(H,12,14). The van der Waals surface area contributed by atoms with Gasteiger partial charge >= 0.3 is 0 Å². The number of ether oxygens (including phenoxy) is 1. The summed E-state index contributed by atoms with van der Waals surface area (Å²) in [5, 5.41) is 2.73. The molecule has 15 heavy (non-hydrogen) atoms. The maximum atomic E-state index is 11.5. The molecule has 3 N–H and O–H groups in total. The van der Waals surface area contributed by atoms with E-state index >= 15 is 0 Å². The van der Waals surface area contributed by atoms with Crippen molar-refractivity contribution in [2.75, 3.05) is 26.0 Å². The average Bonchev–Trinajstić information content (AvgIpc) is 2.25. The van der Waals surface area contributed by atoms with Gasteiger partial charge in [-0.3, -0.25) is 4.79 Å². The molecule has 0 bridgehead atoms. The Kier molecular flexibility index (Phi) is 4.56. The minimum atomic E-state index is -0.189. The van der Waals surface area contributed by atoms with Crippen molar-refractivity contribution in [2.24, 2.45) is 0 Å². The molecule has 5 nitrogen and oxygen atoms in total. The first-order chi connectivity index (χ1) is 7.24. The van der Waals surface area contributed by atoms with Crippen molar-refractivity contribution in [3.05, 3.63) is 24.0 Å². The molecule has 0 radical (unpaired) electrons. The number of amides is 1. The van der Waals surface area contributed by atoms with Crippen LogP contribution in [-0.4, -0.2) is 31.2 Å². The third-order valence-electron chi connectivity index (χ3n) is 1.83. The molecule has 1 aromatic rings. The van der Waals surface area contributed by atoms with Gasteiger partial charge in [0.05, 0.1) is 11.9 Å². The number of nitrogens with two attached hydrogens (primary N) is 1. The minimum Gasteiger partial charge on any atom is -0.397 e. The Morgan fingerprint density at radius 1 is 1.60 bits per heavy atom. The summed E-state index contributed by atoms with van der Waals surface area (Å²) in [6.07, 6.45) is 2.25. The molecular weight excluding hydrogens is 194 g/mol. The van der Waals surface area contributed by atoms with Gasteiger partial charge in [-0.15, -0.1) is 0 Å². The predicted octanol–water partition coefficient (Wildman–Crippen LogP) is 0.430. The third-order valence-corrected chi connectivity index (χ3v) is 1.83. The molecule has 1 aromatic heterocycles. The van der Waals surface area contributed by atoms with Crippen LogP contribution in [0.2, 0.25) is 0 Å². The lowest BCUT2D eigenvalue weighted by molar-refractivity contribution is 0.0943. The highest BCUT2D eigenvalue weighted by Crippen LogP contribution is 2.00. The summed E-state index contributed by atoms with van der Waals surface area (Å²) in [5.41, 5.74) is 6.38. The van der Waals surface area contributed by atoms with E-state index in [9.17, 15) is 4.79 Å². The van der Waals surface area contributed by atoms with E-state index in [0.29, 0.717) is 24.5 Å². The van der Waals surface area contributed by atoms with Gasteiger partial charge in [-0.1, -0.05) is 0 Å². The molecular formula is C10H15N3O2. The molecule has 0 aliphatic heterocycles. The van der Waals surface area contributed by atoms with Crippen LogP contribution in [0.15, 0.2) is 18.3 Å². The van der Waals surface area contributed by atoms with Gasteiger partial charge in [0.15, 0.2) is 0 Å². The quantitative estimate of drug-likeness (QED) is 0.689. The first-order valence-electron chi connectivity index (χ1n) is 4.72. The summed E-state index contributed by atoms with van der Waals surface area (Å²) in [6, 6.07) is 3.25. The first-order valence-corrected chi connectivity index (χ1v) is 4.72. The van der Waals surface area contributed by atoms with Gasteiger partial charge in [-0.05, 0) is 18.6 Å². The number of methoxy groups -OCH3 is 1. The Morgan fingerprint density at radius 2 is 2.40 bits per heavy atom. The van der Waals surface area contributed by atoms with E-state index in [2.05, 4.69) is 10.3 Å². The Morgan fingerprint density at radius 3 is 3.00 bits per heavy atom. The summed E-state index contributed by atoms with van der Waals surface area (Å²) in [7, 11) is 1.63. The monoisotopic (exact) mass is 209 g/mol. The van der Waals surface area contributed by atoms with Gasteiger partial charge in [-0.2, -0.15) is 0 Å². The Labute approximate surface area is 88.6 Å². The van der Waals surface area contributed by atoms with Crippen LogP contribution in [0, 0.1) is 0 Å². The summed E-state index contributed by atoms with van der Waals surface area (Å²) < 4.78 is 4.86. The van der Waals surface area contributed by atoms with E-state index in [4.69, 9.17) is 10.5 Å². The van der Waals surface area contributed by atoms with Crippen LogP contribution in [0.1, 0.15) is 16.9 Å². The van der Waals surface area contributed by atoms with Crippen molar-refractivity contribution in [3.8, 4) is 0 Å². The smallest absolute Gasteiger partial charge is 0.269 e. The fourth-order valence-electron chi connectivity index (χ4n) is 1.05. The zero-order valence-electron chi connectivity index (χ0n) is 8.69. The summed E-state index contributed by atoms with van der Waals surface area (Å²) >= 11 is 0. The number of carbonyl (C=O) groups is 1. The largest absolute Gasteiger partial charge is 0.397 e. The first kappa shape index (κ1) is 11.5. The van der Waals surface area contributed by atoms with Crippen molar-refractivity contribution in [2.45, 2.75) is 6.42 Å². The van der Waals surface area contributed by atoms with Crippen molar-refractivity contribution < 1.29 is 9.53 Å². The second-order valence-electron chi connectivity index (χ2n) is 3.08. The Balaban J connectivity index is 2.37. The molecule has 0 atom stereocenters. The lowest BCUT2D eigenvalue weighted by atomic mass is 10.3. The van der Waals surface area contributed by atoms with Crippen LogP contribution >= 0.6 is 0 Å². The fraction of sp³-hybridized carbons (Fsp3) is 0.400. The highest BCUT2D eigenvalue weighted by molar-refractivity contribution is 5.92. The van der Waals surface area contributed by atoms with E-state index in [1.165, 1.54) is 6.20 Å². The molecule has 0 saturated carbocycles. The molecule has 1 heterocycles. The third kappa shape index (κ3) is 3.95. The Bertz CT molecular complexity index is 311.